The number of rotatable bonds is 2. The maximum atomic E-state index is 12.2. The molecule has 2 unspecified atom stereocenters. The van der Waals surface area contributed by atoms with Gasteiger partial charge in [0.25, 0.3) is 0 Å². The van der Waals surface area contributed by atoms with E-state index in [4.69, 9.17) is 0 Å². The van der Waals surface area contributed by atoms with E-state index in [0.717, 1.165) is 19.4 Å². The molecule has 2 atom stereocenters. The topological polar surface area (TPSA) is 20.3 Å². The summed E-state index contributed by atoms with van der Waals surface area (Å²) in [5.74, 6) is 0. The first-order valence-electron chi connectivity index (χ1n) is 4.08. The van der Waals surface area contributed by atoms with Crippen molar-refractivity contribution in [1.82, 2.24) is 4.90 Å². The summed E-state index contributed by atoms with van der Waals surface area (Å²) in [5, 5.41) is 0. The Morgan fingerprint density at radius 2 is 2.36 bits per heavy atom. The summed E-state index contributed by atoms with van der Waals surface area (Å²) in [6, 6.07) is -1.38. The molecular weight excluding hydrogens is 145 g/mol. The zero-order valence-electron chi connectivity index (χ0n) is 7.01. The summed E-state index contributed by atoms with van der Waals surface area (Å²) in [6.07, 6.45) is 2.16. The molecule has 0 aromatic heterocycles. The van der Waals surface area contributed by atoms with Gasteiger partial charge in [-0.1, -0.05) is 0 Å². The van der Waals surface area contributed by atoms with E-state index in [1.54, 1.807) is 6.92 Å². The van der Waals surface area contributed by atoms with Gasteiger partial charge in [0, 0.05) is 6.04 Å². The highest BCUT2D eigenvalue weighted by Crippen LogP contribution is 2.19. The molecule has 0 aliphatic carbocycles. The summed E-state index contributed by atoms with van der Waals surface area (Å²) in [6.45, 7) is 4.52. The van der Waals surface area contributed by atoms with Crippen LogP contribution in [0.2, 0.25) is 0 Å². The first kappa shape index (κ1) is 8.65. The van der Waals surface area contributed by atoms with E-state index in [1.807, 2.05) is 11.8 Å². The summed E-state index contributed by atoms with van der Waals surface area (Å²) in [4.78, 5) is 12.3. The van der Waals surface area contributed by atoms with Gasteiger partial charge in [0.15, 0.2) is 0 Å². The zero-order valence-corrected chi connectivity index (χ0v) is 7.01. The van der Waals surface area contributed by atoms with Crippen LogP contribution in [-0.2, 0) is 4.79 Å². The fourth-order valence-electron chi connectivity index (χ4n) is 1.66. The van der Waals surface area contributed by atoms with E-state index >= 15 is 0 Å². The Morgan fingerprint density at radius 1 is 1.73 bits per heavy atom. The summed E-state index contributed by atoms with van der Waals surface area (Å²) in [7, 11) is 0. The maximum absolute atomic E-state index is 12.2. The van der Waals surface area contributed by atoms with Crippen molar-refractivity contribution < 1.29 is 9.18 Å². The molecule has 0 spiro atoms. The molecule has 1 fully saturated rings. The van der Waals surface area contributed by atoms with Crippen LogP contribution in [0.4, 0.5) is 4.39 Å². The highest BCUT2D eigenvalue weighted by atomic mass is 19.1. The average Bonchev–Trinajstić information content (AvgIpc) is 2.33. The van der Waals surface area contributed by atoms with E-state index in [9.17, 15) is 9.18 Å². The van der Waals surface area contributed by atoms with Gasteiger partial charge >= 0.3 is 6.04 Å². The lowest BCUT2D eigenvalue weighted by molar-refractivity contribution is -0.134. The van der Waals surface area contributed by atoms with Crippen LogP contribution >= 0.6 is 0 Å². The van der Waals surface area contributed by atoms with Crippen molar-refractivity contribution in [2.75, 3.05) is 6.54 Å². The molecule has 0 aromatic rings. The minimum absolute atomic E-state index is 0.365. The van der Waals surface area contributed by atoms with E-state index in [2.05, 4.69) is 0 Å². The minimum atomic E-state index is -1.21. The second kappa shape index (κ2) is 3.30. The quantitative estimate of drug-likeness (QED) is 0.567. The number of hydrogen-bond donors (Lipinski definition) is 0. The Morgan fingerprint density at radius 3 is 2.73 bits per heavy atom. The van der Waals surface area contributed by atoms with Gasteiger partial charge in [-0.3, -0.25) is 9.69 Å². The lowest BCUT2D eigenvalue weighted by atomic mass is 10.2. The first-order valence-corrected chi connectivity index (χ1v) is 4.08. The summed E-state index contributed by atoms with van der Waals surface area (Å²) < 4.78 is 12.2. The monoisotopic (exact) mass is 159 g/mol. The predicted octanol–water partition coefficient (Wildman–Crippen LogP) is 1.36. The molecule has 1 rings (SSSR count). The van der Waals surface area contributed by atoms with Gasteiger partial charge < -0.3 is 0 Å². The van der Waals surface area contributed by atoms with Crippen LogP contribution in [0.5, 0.6) is 0 Å². The van der Waals surface area contributed by atoms with Gasteiger partial charge in [0.1, 0.15) is 0 Å². The molecule has 0 N–H and O–H groups in total. The van der Waals surface area contributed by atoms with Crippen LogP contribution in [-0.4, -0.2) is 29.6 Å². The van der Waals surface area contributed by atoms with Crippen LogP contribution in [0.3, 0.4) is 0 Å². The van der Waals surface area contributed by atoms with E-state index in [-0.39, 0.29) is 0 Å². The van der Waals surface area contributed by atoms with Crippen LogP contribution in [0.25, 0.3) is 0 Å². The van der Waals surface area contributed by atoms with E-state index in [0.29, 0.717) is 6.04 Å². The zero-order chi connectivity index (χ0) is 8.43. The maximum Gasteiger partial charge on any atom is 0.318 e. The molecule has 1 aliphatic rings. The van der Waals surface area contributed by atoms with Crippen LogP contribution < -0.4 is 0 Å². The fraction of sp³-hybridized carbons (Fsp3) is 0.875. The molecule has 3 heteroatoms. The normalized spacial score (nSPS) is 28.8. The van der Waals surface area contributed by atoms with Gasteiger partial charge in [0.05, 0.1) is 6.04 Å². The number of halogens is 1. The predicted molar refractivity (Wildman–Crippen MR) is 41.0 cm³/mol. The summed E-state index contributed by atoms with van der Waals surface area (Å²) in [5.41, 5.74) is 0. The minimum Gasteiger partial charge on any atom is -0.289 e. The Labute approximate surface area is 66.4 Å². The molecule has 0 radical (unpaired) electrons. The third-order valence-electron chi connectivity index (χ3n) is 2.43. The second-order valence-corrected chi connectivity index (χ2v) is 3.21. The van der Waals surface area contributed by atoms with Crippen molar-refractivity contribution in [2.24, 2.45) is 0 Å². The van der Waals surface area contributed by atoms with Gasteiger partial charge in [-0.2, -0.15) is 4.39 Å². The van der Waals surface area contributed by atoms with Crippen molar-refractivity contribution in [3.63, 3.8) is 0 Å². The molecule has 1 heterocycles. The van der Waals surface area contributed by atoms with Crippen LogP contribution in [0.1, 0.15) is 26.7 Å². The highest BCUT2D eigenvalue weighted by Gasteiger charge is 2.28. The van der Waals surface area contributed by atoms with Crippen LogP contribution in [0, 0.1) is 0 Å². The number of carbonyl (C=O) groups is 1. The van der Waals surface area contributed by atoms with Crippen molar-refractivity contribution in [2.45, 2.75) is 38.8 Å². The van der Waals surface area contributed by atoms with Gasteiger partial charge in [0.2, 0.25) is 0 Å². The molecule has 2 nitrogen and oxygen atoms in total. The van der Waals surface area contributed by atoms with Gasteiger partial charge in [-0.05, 0) is 33.2 Å². The molecule has 1 saturated heterocycles. The highest BCUT2D eigenvalue weighted by molar-refractivity contribution is 5.73. The first-order chi connectivity index (χ1) is 5.13. The van der Waals surface area contributed by atoms with Crippen molar-refractivity contribution in [3.05, 3.63) is 0 Å². The summed E-state index contributed by atoms with van der Waals surface area (Å²) >= 11 is 0. The smallest absolute Gasteiger partial charge is 0.289 e. The largest absolute Gasteiger partial charge is 0.318 e. The molecule has 1 aliphatic heterocycles. The van der Waals surface area contributed by atoms with Crippen molar-refractivity contribution >= 4 is 6.04 Å². The second-order valence-electron chi connectivity index (χ2n) is 3.21. The number of nitrogens with zero attached hydrogens (tertiary/aromatic N) is 1. The van der Waals surface area contributed by atoms with Gasteiger partial charge in [-0.15, -0.1) is 0 Å². The third-order valence-corrected chi connectivity index (χ3v) is 2.43. The molecule has 0 bridgehead atoms. The standard InChI is InChI=1S/C8H14FNO/c1-6-4-3-5-10(6)7(2)8(9)11/h6-7H,3-5H2,1-2H3. The number of carbonyl (C=O) groups excluding carboxylic acids is 1. The Bertz CT molecular complexity index is 160. The van der Waals surface area contributed by atoms with E-state index in [1.165, 1.54) is 0 Å². The molecule has 0 aromatic carbocycles. The molecule has 11 heavy (non-hydrogen) atoms. The van der Waals surface area contributed by atoms with Gasteiger partial charge in [-0.25, -0.2) is 0 Å². The van der Waals surface area contributed by atoms with Crippen molar-refractivity contribution in [3.8, 4) is 0 Å². The van der Waals surface area contributed by atoms with E-state index < -0.39 is 12.1 Å². The lowest BCUT2D eigenvalue weighted by Crippen LogP contribution is -2.39. The molecular formula is C8H14FNO. The van der Waals surface area contributed by atoms with Crippen LogP contribution in [0.15, 0.2) is 0 Å². The Balaban J connectivity index is 2.52. The SMILES string of the molecule is CC1CCCN1C(C)C(=O)F. The number of hydrogen-bond acceptors (Lipinski definition) is 2. The lowest BCUT2D eigenvalue weighted by Gasteiger charge is -2.24. The van der Waals surface area contributed by atoms with Crippen molar-refractivity contribution in [1.29, 1.82) is 0 Å². The Kier molecular flexibility index (Phi) is 2.60. The molecule has 0 saturated carbocycles. The molecule has 0 amide bonds. The molecule has 64 valence electrons. The third kappa shape index (κ3) is 1.77. The number of likely N-dealkylation sites (tertiary alicyclic amines) is 1. The Hall–Kier alpha value is -0.440. The average molecular weight is 159 g/mol. The fourth-order valence-corrected chi connectivity index (χ4v) is 1.66.